The second kappa shape index (κ2) is 5.42. The first-order chi connectivity index (χ1) is 8.70. The van der Waals surface area contributed by atoms with Crippen molar-refractivity contribution in [2.75, 3.05) is 5.73 Å². The zero-order valence-electron chi connectivity index (χ0n) is 9.35. The van der Waals surface area contributed by atoms with Crippen LogP contribution in [-0.4, -0.2) is 27.3 Å². The second-order valence-corrected chi connectivity index (χ2v) is 3.42. The van der Waals surface area contributed by atoms with Gasteiger partial charge >= 0.3 is 12.1 Å². The Morgan fingerprint density at radius 3 is 2.32 bits per heavy atom. The van der Waals surface area contributed by atoms with E-state index in [0.717, 1.165) is 10.9 Å². The summed E-state index contributed by atoms with van der Waals surface area (Å²) in [5.74, 6) is -2.02. The topological polar surface area (TPSA) is 96.4 Å². The molecule has 0 aliphatic heterocycles. The molecule has 0 unspecified atom stereocenters. The summed E-state index contributed by atoms with van der Waals surface area (Å²) >= 11 is 0. The molecule has 2 rings (SSSR count). The molecule has 0 bridgehead atoms. The summed E-state index contributed by atoms with van der Waals surface area (Å²) in [5, 5.41) is 17.2. The maximum Gasteiger partial charge on any atom is 0.490 e. The molecular formula is C11H9F3N2O3. The number of alkyl halides is 3. The van der Waals surface area contributed by atoms with E-state index in [9.17, 15) is 13.2 Å². The van der Waals surface area contributed by atoms with Crippen LogP contribution in [0.5, 0.6) is 5.75 Å². The molecule has 0 aliphatic rings. The van der Waals surface area contributed by atoms with E-state index in [1.165, 1.54) is 0 Å². The monoisotopic (exact) mass is 274 g/mol. The van der Waals surface area contributed by atoms with E-state index in [1.807, 2.05) is 6.07 Å². The first kappa shape index (κ1) is 14.6. The van der Waals surface area contributed by atoms with Gasteiger partial charge < -0.3 is 15.9 Å². The van der Waals surface area contributed by atoms with E-state index < -0.39 is 12.1 Å². The van der Waals surface area contributed by atoms with Crippen molar-refractivity contribution < 1.29 is 28.2 Å². The van der Waals surface area contributed by atoms with Gasteiger partial charge in [0.15, 0.2) is 0 Å². The number of aliphatic carboxylic acids is 1. The number of hydrogen-bond donors (Lipinski definition) is 3. The number of halogens is 3. The third kappa shape index (κ3) is 4.34. The Hall–Kier alpha value is -2.51. The van der Waals surface area contributed by atoms with Crippen LogP contribution in [0.25, 0.3) is 10.9 Å². The number of carbonyl (C=O) groups is 1. The summed E-state index contributed by atoms with van der Waals surface area (Å²) in [4.78, 5) is 13.0. The number of nitrogens with two attached hydrogens (primary N) is 1. The third-order valence-electron chi connectivity index (χ3n) is 1.94. The lowest BCUT2D eigenvalue weighted by molar-refractivity contribution is -0.192. The Kier molecular flexibility index (Phi) is 4.15. The summed E-state index contributed by atoms with van der Waals surface area (Å²) < 4.78 is 31.7. The van der Waals surface area contributed by atoms with Gasteiger partial charge in [-0.2, -0.15) is 13.2 Å². The number of carboxylic acid groups (broad SMARTS) is 1. The van der Waals surface area contributed by atoms with Gasteiger partial charge in [0.2, 0.25) is 0 Å². The molecular weight excluding hydrogens is 265 g/mol. The molecule has 1 aromatic carbocycles. The van der Waals surface area contributed by atoms with Gasteiger partial charge in [0.25, 0.3) is 0 Å². The summed E-state index contributed by atoms with van der Waals surface area (Å²) in [6, 6.07) is 8.52. The number of carboxylic acids is 1. The van der Waals surface area contributed by atoms with Crippen molar-refractivity contribution in [3.63, 3.8) is 0 Å². The summed E-state index contributed by atoms with van der Waals surface area (Å²) in [7, 11) is 0. The largest absolute Gasteiger partial charge is 0.508 e. The van der Waals surface area contributed by atoms with Crippen LogP contribution in [0.2, 0.25) is 0 Å². The molecule has 8 heteroatoms. The van der Waals surface area contributed by atoms with Gasteiger partial charge in [-0.05, 0) is 30.3 Å². The highest BCUT2D eigenvalue weighted by atomic mass is 19.4. The van der Waals surface area contributed by atoms with Crippen LogP contribution in [0.1, 0.15) is 0 Å². The van der Waals surface area contributed by atoms with Crippen LogP contribution >= 0.6 is 0 Å². The predicted octanol–water partition coefficient (Wildman–Crippen LogP) is 2.16. The van der Waals surface area contributed by atoms with Gasteiger partial charge in [0.1, 0.15) is 11.6 Å². The first-order valence-electron chi connectivity index (χ1n) is 4.85. The Bertz CT molecular complexity index is 558. The van der Waals surface area contributed by atoms with Crippen LogP contribution in [0.4, 0.5) is 19.0 Å². The SMILES string of the molecule is Nc1ccc2cc(O)ccc2n1.O=C(O)C(F)(F)F. The van der Waals surface area contributed by atoms with Gasteiger partial charge in [0.05, 0.1) is 5.52 Å². The number of aromatic nitrogens is 1. The van der Waals surface area contributed by atoms with E-state index in [2.05, 4.69) is 4.98 Å². The molecule has 5 nitrogen and oxygen atoms in total. The molecule has 0 spiro atoms. The van der Waals surface area contributed by atoms with E-state index in [0.29, 0.717) is 5.82 Å². The number of benzene rings is 1. The van der Waals surface area contributed by atoms with Gasteiger partial charge in [-0.3, -0.25) is 0 Å². The summed E-state index contributed by atoms with van der Waals surface area (Å²) in [6.07, 6.45) is -5.08. The highest BCUT2D eigenvalue weighted by Crippen LogP contribution is 2.18. The molecule has 102 valence electrons. The molecule has 0 saturated heterocycles. The lowest BCUT2D eigenvalue weighted by Gasteiger charge is -1.98. The Morgan fingerprint density at radius 1 is 1.21 bits per heavy atom. The maximum absolute atomic E-state index is 10.6. The highest BCUT2D eigenvalue weighted by Gasteiger charge is 2.38. The van der Waals surface area contributed by atoms with Crippen molar-refractivity contribution in [2.45, 2.75) is 6.18 Å². The maximum atomic E-state index is 10.6. The first-order valence-corrected chi connectivity index (χ1v) is 4.85. The smallest absolute Gasteiger partial charge is 0.490 e. The minimum Gasteiger partial charge on any atom is -0.508 e. The third-order valence-corrected chi connectivity index (χ3v) is 1.94. The average molecular weight is 274 g/mol. The van der Waals surface area contributed by atoms with Gasteiger partial charge in [-0.1, -0.05) is 0 Å². The molecule has 0 fully saturated rings. The summed E-state index contributed by atoms with van der Waals surface area (Å²) in [6.45, 7) is 0. The summed E-state index contributed by atoms with van der Waals surface area (Å²) in [5.41, 5.74) is 6.29. The fourth-order valence-electron chi connectivity index (χ4n) is 1.13. The van der Waals surface area contributed by atoms with E-state index in [4.69, 9.17) is 20.7 Å². The minimum atomic E-state index is -5.08. The molecule has 4 N–H and O–H groups in total. The standard InChI is InChI=1S/C9H8N2O.C2HF3O2/c10-9-4-1-6-5-7(12)2-3-8(6)11-9;3-2(4,5)1(6)7/h1-5,12H,(H2,10,11);(H,6,7). The van der Waals surface area contributed by atoms with E-state index >= 15 is 0 Å². The fourth-order valence-corrected chi connectivity index (χ4v) is 1.13. The van der Waals surface area contributed by atoms with Crippen LogP contribution in [0.15, 0.2) is 30.3 Å². The number of nitrogen functional groups attached to an aromatic ring is 1. The molecule has 19 heavy (non-hydrogen) atoms. The molecule has 0 amide bonds. The number of phenols is 1. The number of phenolic OH excluding ortho intramolecular Hbond substituents is 1. The number of aromatic hydroxyl groups is 1. The van der Waals surface area contributed by atoms with Crippen LogP contribution in [-0.2, 0) is 4.79 Å². The quantitative estimate of drug-likeness (QED) is 0.684. The molecule has 2 aromatic rings. The second-order valence-electron chi connectivity index (χ2n) is 3.42. The molecule has 0 atom stereocenters. The lowest BCUT2D eigenvalue weighted by Crippen LogP contribution is -2.21. The Balaban J connectivity index is 0.000000224. The molecule has 0 radical (unpaired) electrons. The predicted molar refractivity (Wildman–Crippen MR) is 61.5 cm³/mol. The van der Waals surface area contributed by atoms with E-state index in [-0.39, 0.29) is 5.75 Å². The van der Waals surface area contributed by atoms with Gasteiger partial charge in [-0.25, -0.2) is 9.78 Å². The van der Waals surface area contributed by atoms with Gasteiger partial charge in [0, 0.05) is 5.39 Å². The number of anilines is 1. The van der Waals surface area contributed by atoms with Crippen molar-refractivity contribution in [3.8, 4) is 5.75 Å². The average Bonchev–Trinajstić information content (AvgIpc) is 2.29. The number of hydrogen-bond acceptors (Lipinski definition) is 4. The Labute approximate surface area is 105 Å². The number of rotatable bonds is 0. The van der Waals surface area contributed by atoms with Crippen molar-refractivity contribution in [1.82, 2.24) is 4.98 Å². The minimum absolute atomic E-state index is 0.245. The normalized spacial score (nSPS) is 10.7. The van der Waals surface area contributed by atoms with Crippen molar-refractivity contribution in [1.29, 1.82) is 0 Å². The molecule has 0 saturated carbocycles. The highest BCUT2D eigenvalue weighted by molar-refractivity contribution is 5.81. The molecule has 0 aliphatic carbocycles. The fraction of sp³-hybridized carbons (Fsp3) is 0.0909. The lowest BCUT2D eigenvalue weighted by atomic mass is 10.2. The van der Waals surface area contributed by atoms with Crippen molar-refractivity contribution in [2.24, 2.45) is 0 Å². The van der Waals surface area contributed by atoms with Crippen LogP contribution in [0.3, 0.4) is 0 Å². The van der Waals surface area contributed by atoms with Crippen molar-refractivity contribution >= 4 is 22.7 Å². The Morgan fingerprint density at radius 2 is 1.79 bits per heavy atom. The number of nitrogens with zero attached hydrogens (tertiary/aromatic N) is 1. The molecule has 1 heterocycles. The van der Waals surface area contributed by atoms with Crippen LogP contribution in [0, 0.1) is 0 Å². The zero-order valence-corrected chi connectivity index (χ0v) is 9.35. The van der Waals surface area contributed by atoms with Crippen molar-refractivity contribution in [3.05, 3.63) is 30.3 Å². The van der Waals surface area contributed by atoms with Gasteiger partial charge in [-0.15, -0.1) is 0 Å². The van der Waals surface area contributed by atoms with E-state index in [1.54, 1.807) is 24.3 Å². The number of pyridine rings is 1. The van der Waals surface area contributed by atoms with Crippen LogP contribution < -0.4 is 5.73 Å². The molecule has 1 aromatic heterocycles. The number of fused-ring (bicyclic) bond motifs is 1. The zero-order chi connectivity index (χ0) is 14.6.